The number of urea groups is 1. The van der Waals surface area contributed by atoms with E-state index in [0.717, 1.165) is 11.3 Å². The molecule has 0 aliphatic heterocycles. The van der Waals surface area contributed by atoms with Crippen LogP contribution in [-0.2, 0) is 0 Å². The van der Waals surface area contributed by atoms with Crippen LogP contribution in [0.15, 0.2) is 24.3 Å². The number of nitrogens with zero attached hydrogens (tertiary/aromatic N) is 1. The number of amides is 2. The minimum absolute atomic E-state index is 0.102. The third-order valence-corrected chi connectivity index (χ3v) is 2.53. The minimum atomic E-state index is -0.213. The van der Waals surface area contributed by atoms with E-state index < -0.39 is 0 Å². The summed E-state index contributed by atoms with van der Waals surface area (Å²) in [7, 11) is 0. The normalized spacial score (nSPS) is 11.7. The SMILES string of the molecule is CC(C)NC(=O)Nc1cccc(C(C)CC#N)c1. The maximum Gasteiger partial charge on any atom is 0.319 e. The summed E-state index contributed by atoms with van der Waals surface area (Å²) in [5.74, 6) is 0.171. The van der Waals surface area contributed by atoms with E-state index in [9.17, 15) is 4.79 Å². The lowest BCUT2D eigenvalue weighted by atomic mass is 9.98. The zero-order valence-corrected chi connectivity index (χ0v) is 11.0. The molecule has 2 amide bonds. The number of carbonyl (C=O) groups excluding carboxylic acids is 1. The van der Waals surface area contributed by atoms with E-state index in [1.165, 1.54) is 0 Å². The molecule has 0 heterocycles. The number of benzene rings is 1. The second kappa shape index (κ2) is 6.65. The lowest BCUT2D eigenvalue weighted by molar-refractivity contribution is 0.250. The molecule has 1 unspecified atom stereocenters. The zero-order chi connectivity index (χ0) is 13.5. The Morgan fingerprint density at radius 1 is 1.39 bits per heavy atom. The van der Waals surface area contributed by atoms with Crippen molar-refractivity contribution in [2.45, 2.75) is 39.2 Å². The molecule has 1 aromatic rings. The molecule has 0 fully saturated rings. The van der Waals surface area contributed by atoms with Gasteiger partial charge in [0.25, 0.3) is 0 Å². The van der Waals surface area contributed by atoms with Crippen LogP contribution in [0.5, 0.6) is 0 Å². The van der Waals surface area contributed by atoms with Gasteiger partial charge >= 0.3 is 6.03 Å². The van der Waals surface area contributed by atoms with Gasteiger partial charge in [-0.2, -0.15) is 5.26 Å². The molecule has 0 radical (unpaired) electrons. The van der Waals surface area contributed by atoms with E-state index in [1.54, 1.807) is 0 Å². The van der Waals surface area contributed by atoms with Gasteiger partial charge < -0.3 is 10.6 Å². The number of nitriles is 1. The number of carbonyl (C=O) groups is 1. The maximum absolute atomic E-state index is 11.6. The first kappa shape index (κ1) is 14.0. The van der Waals surface area contributed by atoms with Crippen LogP contribution in [0, 0.1) is 11.3 Å². The molecule has 18 heavy (non-hydrogen) atoms. The molecule has 0 saturated carbocycles. The zero-order valence-electron chi connectivity index (χ0n) is 11.0. The Hall–Kier alpha value is -2.02. The highest BCUT2D eigenvalue weighted by Gasteiger charge is 2.07. The maximum atomic E-state index is 11.6. The van der Waals surface area contributed by atoms with Gasteiger partial charge in [-0.25, -0.2) is 4.79 Å². The first-order valence-electron chi connectivity index (χ1n) is 6.07. The fourth-order valence-corrected chi connectivity index (χ4v) is 1.61. The van der Waals surface area contributed by atoms with E-state index in [2.05, 4.69) is 16.7 Å². The minimum Gasteiger partial charge on any atom is -0.336 e. The van der Waals surface area contributed by atoms with Gasteiger partial charge in [-0.3, -0.25) is 0 Å². The smallest absolute Gasteiger partial charge is 0.319 e. The number of hydrogen-bond acceptors (Lipinski definition) is 2. The Labute approximate surface area is 108 Å². The van der Waals surface area contributed by atoms with Crippen molar-refractivity contribution in [2.24, 2.45) is 0 Å². The molecule has 4 heteroatoms. The second-order valence-corrected chi connectivity index (χ2v) is 4.64. The van der Waals surface area contributed by atoms with Crippen molar-refractivity contribution >= 4 is 11.7 Å². The average molecular weight is 245 g/mol. The Balaban J connectivity index is 2.71. The van der Waals surface area contributed by atoms with Gasteiger partial charge in [-0.15, -0.1) is 0 Å². The molecule has 0 saturated heterocycles. The third-order valence-electron chi connectivity index (χ3n) is 2.53. The molecule has 4 nitrogen and oxygen atoms in total. The number of rotatable bonds is 4. The van der Waals surface area contributed by atoms with Crippen molar-refractivity contribution in [3.05, 3.63) is 29.8 Å². The molecule has 0 bridgehead atoms. The number of nitrogens with one attached hydrogen (secondary N) is 2. The predicted octanol–water partition coefficient (Wildman–Crippen LogP) is 3.23. The molecule has 0 aromatic heterocycles. The lowest BCUT2D eigenvalue weighted by Crippen LogP contribution is -2.34. The summed E-state index contributed by atoms with van der Waals surface area (Å²) in [5, 5.41) is 14.2. The third kappa shape index (κ3) is 4.46. The average Bonchev–Trinajstić information content (AvgIpc) is 2.28. The quantitative estimate of drug-likeness (QED) is 0.855. The van der Waals surface area contributed by atoms with Gasteiger partial charge in [0.05, 0.1) is 6.07 Å². The lowest BCUT2D eigenvalue weighted by Gasteiger charge is -2.12. The number of anilines is 1. The van der Waals surface area contributed by atoms with Gasteiger partial charge in [0.2, 0.25) is 0 Å². The van der Waals surface area contributed by atoms with Crippen molar-refractivity contribution in [3.63, 3.8) is 0 Å². The largest absolute Gasteiger partial charge is 0.336 e. The van der Waals surface area contributed by atoms with Gasteiger partial charge in [-0.05, 0) is 37.5 Å². The standard InChI is InChI=1S/C14H19N3O/c1-10(2)16-14(18)17-13-6-4-5-12(9-13)11(3)7-8-15/h4-6,9-11H,7H2,1-3H3,(H2,16,17,18). The molecule has 0 aliphatic rings. The highest BCUT2D eigenvalue weighted by Crippen LogP contribution is 2.21. The second-order valence-electron chi connectivity index (χ2n) is 4.64. The van der Waals surface area contributed by atoms with Crippen LogP contribution in [-0.4, -0.2) is 12.1 Å². The van der Waals surface area contributed by atoms with Crippen molar-refractivity contribution in [3.8, 4) is 6.07 Å². The summed E-state index contributed by atoms with van der Waals surface area (Å²) < 4.78 is 0. The van der Waals surface area contributed by atoms with Crippen molar-refractivity contribution in [2.75, 3.05) is 5.32 Å². The molecular weight excluding hydrogens is 226 g/mol. The van der Waals surface area contributed by atoms with Crippen LogP contribution >= 0.6 is 0 Å². The van der Waals surface area contributed by atoms with Crippen molar-refractivity contribution in [1.29, 1.82) is 5.26 Å². The molecule has 0 spiro atoms. The van der Waals surface area contributed by atoms with Crippen LogP contribution in [0.25, 0.3) is 0 Å². The highest BCUT2D eigenvalue weighted by atomic mass is 16.2. The van der Waals surface area contributed by atoms with Crippen LogP contribution in [0.1, 0.15) is 38.7 Å². The molecule has 96 valence electrons. The van der Waals surface area contributed by atoms with Gasteiger partial charge in [-0.1, -0.05) is 19.1 Å². The van der Waals surface area contributed by atoms with E-state index >= 15 is 0 Å². The molecular formula is C14H19N3O. The van der Waals surface area contributed by atoms with Crippen LogP contribution in [0.3, 0.4) is 0 Å². The van der Waals surface area contributed by atoms with Crippen LogP contribution < -0.4 is 10.6 Å². The Morgan fingerprint density at radius 3 is 2.72 bits per heavy atom. The molecule has 0 aliphatic carbocycles. The summed E-state index contributed by atoms with van der Waals surface area (Å²) in [6.07, 6.45) is 0.474. The topological polar surface area (TPSA) is 64.9 Å². The van der Waals surface area contributed by atoms with E-state index in [4.69, 9.17) is 5.26 Å². The van der Waals surface area contributed by atoms with Crippen molar-refractivity contribution < 1.29 is 4.79 Å². The Kier molecular flexibility index (Phi) is 5.19. The van der Waals surface area contributed by atoms with Crippen molar-refractivity contribution in [1.82, 2.24) is 5.32 Å². The molecule has 1 rings (SSSR count). The molecule has 1 aromatic carbocycles. The van der Waals surface area contributed by atoms with E-state index in [1.807, 2.05) is 45.0 Å². The van der Waals surface area contributed by atoms with Crippen LogP contribution in [0.2, 0.25) is 0 Å². The Bertz CT molecular complexity index is 449. The molecule has 1 atom stereocenters. The number of hydrogen-bond donors (Lipinski definition) is 2. The summed E-state index contributed by atoms with van der Waals surface area (Å²) in [6, 6.07) is 9.63. The summed E-state index contributed by atoms with van der Waals surface area (Å²) in [6.45, 7) is 5.81. The summed E-state index contributed by atoms with van der Waals surface area (Å²) in [5.41, 5.74) is 1.80. The van der Waals surface area contributed by atoms with E-state index in [0.29, 0.717) is 6.42 Å². The van der Waals surface area contributed by atoms with Gasteiger partial charge in [0.1, 0.15) is 0 Å². The fourth-order valence-electron chi connectivity index (χ4n) is 1.61. The monoisotopic (exact) mass is 245 g/mol. The first-order valence-corrected chi connectivity index (χ1v) is 6.07. The fraction of sp³-hybridized carbons (Fsp3) is 0.429. The summed E-state index contributed by atoms with van der Waals surface area (Å²) in [4.78, 5) is 11.6. The molecule has 2 N–H and O–H groups in total. The Morgan fingerprint density at radius 2 is 2.11 bits per heavy atom. The first-order chi connectivity index (χ1) is 8.52. The van der Waals surface area contributed by atoms with Crippen LogP contribution in [0.4, 0.5) is 10.5 Å². The summed E-state index contributed by atoms with van der Waals surface area (Å²) >= 11 is 0. The van der Waals surface area contributed by atoms with Gasteiger partial charge in [0.15, 0.2) is 0 Å². The van der Waals surface area contributed by atoms with E-state index in [-0.39, 0.29) is 18.0 Å². The predicted molar refractivity (Wildman–Crippen MR) is 72.4 cm³/mol. The van der Waals surface area contributed by atoms with Gasteiger partial charge in [0, 0.05) is 18.2 Å². The highest BCUT2D eigenvalue weighted by molar-refractivity contribution is 5.89.